The van der Waals surface area contributed by atoms with Crippen LogP contribution < -0.4 is 10.1 Å². The minimum absolute atomic E-state index is 0.342. The van der Waals surface area contributed by atoms with Gasteiger partial charge in [-0.3, -0.25) is 0 Å². The lowest BCUT2D eigenvalue weighted by molar-refractivity contribution is 0.100. The van der Waals surface area contributed by atoms with E-state index in [0.29, 0.717) is 19.2 Å². The maximum absolute atomic E-state index is 9.97. The molecule has 1 aromatic carbocycles. The summed E-state index contributed by atoms with van der Waals surface area (Å²) in [7, 11) is 0. The average Bonchev–Trinajstić information content (AvgIpc) is 2.52. The van der Waals surface area contributed by atoms with Crippen molar-refractivity contribution in [1.82, 2.24) is 5.32 Å². The monoisotopic (exact) mass is 277 g/mol. The minimum Gasteiger partial charge on any atom is -0.491 e. The van der Waals surface area contributed by atoms with Crippen LogP contribution >= 0.6 is 0 Å². The van der Waals surface area contributed by atoms with Gasteiger partial charge >= 0.3 is 0 Å². The molecule has 3 nitrogen and oxygen atoms in total. The first-order valence-electron chi connectivity index (χ1n) is 7.85. The molecule has 112 valence electrons. The van der Waals surface area contributed by atoms with Crippen molar-refractivity contribution in [3.05, 3.63) is 30.3 Å². The number of aliphatic hydroxyl groups excluding tert-OH is 1. The molecule has 2 unspecified atom stereocenters. The van der Waals surface area contributed by atoms with E-state index in [9.17, 15) is 5.11 Å². The van der Waals surface area contributed by atoms with Crippen LogP contribution in [0.25, 0.3) is 0 Å². The first kappa shape index (κ1) is 15.3. The number of aliphatic hydroxyl groups is 1. The van der Waals surface area contributed by atoms with Crippen molar-refractivity contribution < 1.29 is 9.84 Å². The highest BCUT2D eigenvalue weighted by atomic mass is 16.5. The van der Waals surface area contributed by atoms with Crippen LogP contribution in [0.3, 0.4) is 0 Å². The number of benzene rings is 1. The fourth-order valence-corrected chi connectivity index (χ4v) is 2.89. The standard InChI is InChI=1S/C17H27NO2/c1-14(15-8-4-2-5-9-15)18-12-16(19)13-20-17-10-6-3-7-11-17/h3,6-7,10-11,14-16,18-19H,2,4-5,8-9,12-13H2,1H3. The number of para-hydroxylation sites is 1. The second-order valence-electron chi connectivity index (χ2n) is 5.87. The van der Waals surface area contributed by atoms with Gasteiger partial charge in [-0.1, -0.05) is 37.5 Å². The van der Waals surface area contributed by atoms with Gasteiger partial charge in [0.15, 0.2) is 0 Å². The zero-order chi connectivity index (χ0) is 14.2. The van der Waals surface area contributed by atoms with Crippen LogP contribution in [0, 0.1) is 5.92 Å². The number of ether oxygens (including phenoxy) is 1. The molecule has 1 saturated carbocycles. The fourth-order valence-electron chi connectivity index (χ4n) is 2.89. The third-order valence-corrected chi connectivity index (χ3v) is 4.22. The molecule has 0 spiro atoms. The fraction of sp³-hybridized carbons (Fsp3) is 0.647. The van der Waals surface area contributed by atoms with E-state index < -0.39 is 6.10 Å². The molecule has 0 radical (unpaired) electrons. The van der Waals surface area contributed by atoms with Crippen LogP contribution in [-0.4, -0.2) is 30.4 Å². The lowest BCUT2D eigenvalue weighted by Crippen LogP contribution is -2.40. The minimum atomic E-state index is -0.457. The Bertz CT molecular complexity index is 363. The molecule has 0 amide bonds. The zero-order valence-corrected chi connectivity index (χ0v) is 12.4. The van der Waals surface area contributed by atoms with Crippen LogP contribution in [0.2, 0.25) is 0 Å². The lowest BCUT2D eigenvalue weighted by Gasteiger charge is -2.29. The zero-order valence-electron chi connectivity index (χ0n) is 12.4. The second-order valence-corrected chi connectivity index (χ2v) is 5.87. The van der Waals surface area contributed by atoms with Gasteiger partial charge in [-0.05, 0) is 37.8 Å². The Hall–Kier alpha value is -1.06. The van der Waals surface area contributed by atoms with Crippen LogP contribution in [0.5, 0.6) is 5.75 Å². The van der Waals surface area contributed by atoms with E-state index in [-0.39, 0.29) is 0 Å². The Morgan fingerprint density at radius 2 is 1.90 bits per heavy atom. The molecule has 3 heteroatoms. The molecule has 1 aromatic rings. The number of nitrogens with one attached hydrogen (secondary N) is 1. The van der Waals surface area contributed by atoms with E-state index in [1.807, 2.05) is 30.3 Å². The van der Waals surface area contributed by atoms with Crippen LogP contribution in [0.4, 0.5) is 0 Å². The van der Waals surface area contributed by atoms with Crippen molar-refractivity contribution in [1.29, 1.82) is 0 Å². The summed E-state index contributed by atoms with van der Waals surface area (Å²) in [5.74, 6) is 1.58. The van der Waals surface area contributed by atoms with Gasteiger partial charge in [-0.25, -0.2) is 0 Å². The Balaban J connectivity index is 1.63. The normalized spacial score (nSPS) is 19.5. The van der Waals surface area contributed by atoms with Gasteiger partial charge in [-0.2, -0.15) is 0 Å². The van der Waals surface area contributed by atoms with Gasteiger partial charge in [0.2, 0.25) is 0 Å². The molecule has 2 N–H and O–H groups in total. The summed E-state index contributed by atoms with van der Waals surface area (Å²) in [5, 5.41) is 13.4. The summed E-state index contributed by atoms with van der Waals surface area (Å²) in [6, 6.07) is 10.1. The number of hydrogen-bond donors (Lipinski definition) is 2. The Labute approximate surface area is 122 Å². The van der Waals surface area contributed by atoms with Crippen molar-refractivity contribution in [2.45, 2.75) is 51.2 Å². The maximum atomic E-state index is 9.97. The molecule has 0 aromatic heterocycles. The Kier molecular flexibility index (Phi) is 6.34. The lowest BCUT2D eigenvalue weighted by atomic mass is 9.84. The quantitative estimate of drug-likeness (QED) is 0.805. The van der Waals surface area contributed by atoms with Gasteiger partial charge in [0.05, 0.1) is 0 Å². The van der Waals surface area contributed by atoms with Gasteiger partial charge in [0.25, 0.3) is 0 Å². The maximum Gasteiger partial charge on any atom is 0.119 e. The Morgan fingerprint density at radius 3 is 2.60 bits per heavy atom. The van der Waals surface area contributed by atoms with Crippen LogP contribution in [-0.2, 0) is 0 Å². The first-order chi connectivity index (χ1) is 9.75. The van der Waals surface area contributed by atoms with E-state index in [0.717, 1.165) is 11.7 Å². The van der Waals surface area contributed by atoms with E-state index in [1.165, 1.54) is 32.1 Å². The summed E-state index contributed by atoms with van der Waals surface area (Å²) in [4.78, 5) is 0. The summed E-state index contributed by atoms with van der Waals surface area (Å²) in [5.41, 5.74) is 0. The highest BCUT2D eigenvalue weighted by molar-refractivity contribution is 5.20. The summed E-state index contributed by atoms with van der Waals surface area (Å²) in [6.07, 6.45) is 6.29. The Morgan fingerprint density at radius 1 is 1.20 bits per heavy atom. The van der Waals surface area contributed by atoms with E-state index in [4.69, 9.17) is 4.74 Å². The number of hydrogen-bond acceptors (Lipinski definition) is 3. The van der Waals surface area contributed by atoms with Gasteiger partial charge in [-0.15, -0.1) is 0 Å². The van der Waals surface area contributed by atoms with Gasteiger partial charge in [0.1, 0.15) is 18.5 Å². The van der Waals surface area contributed by atoms with Crippen molar-refractivity contribution in [3.63, 3.8) is 0 Å². The summed E-state index contributed by atoms with van der Waals surface area (Å²) < 4.78 is 5.56. The predicted octanol–water partition coefficient (Wildman–Crippen LogP) is 2.98. The topological polar surface area (TPSA) is 41.5 Å². The highest BCUT2D eigenvalue weighted by Gasteiger charge is 2.20. The molecule has 0 bridgehead atoms. The largest absolute Gasteiger partial charge is 0.491 e. The summed E-state index contributed by atoms with van der Waals surface area (Å²) in [6.45, 7) is 3.18. The number of rotatable bonds is 7. The average molecular weight is 277 g/mol. The predicted molar refractivity (Wildman–Crippen MR) is 82.0 cm³/mol. The SMILES string of the molecule is CC(NCC(O)COc1ccccc1)C1CCCCC1. The van der Waals surface area contributed by atoms with E-state index in [1.54, 1.807) is 0 Å². The highest BCUT2D eigenvalue weighted by Crippen LogP contribution is 2.26. The van der Waals surface area contributed by atoms with E-state index >= 15 is 0 Å². The van der Waals surface area contributed by atoms with Crippen LogP contribution in [0.15, 0.2) is 30.3 Å². The molecular formula is C17H27NO2. The molecule has 2 atom stereocenters. The molecule has 0 aliphatic heterocycles. The first-order valence-corrected chi connectivity index (χ1v) is 7.85. The molecular weight excluding hydrogens is 250 g/mol. The van der Waals surface area contributed by atoms with E-state index in [2.05, 4.69) is 12.2 Å². The molecule has 2 rings (SSSR count). The second kappa shape index (κ2) is 8.28. The third kappa shape index (κ3) is 5.14. The van der Waals surface area contributed by atoms with Crippen molar-refractivity contribution in [2.24, 2.45) is 5.92 Å². The third-order valence-electron chi connectivity index (χ3n) is 4.22. The molecule has 20 heavy (non-hydrogen) atoms. The van der Waals surface area contributed by atoms with Crippen LogP contribution in [0.1, 0.15) is 39.0 Å². The summed E-state index contributed by atoms with van der Waals surface area (Å²) >= 11 is 0. The molecule has 1 aliphatic rings. The van der Waals surface area contributed by atoms with Crippen molar-refractivity contribution >= 4 is 0 Å². The molecule has 0 heterocycles. The molecule has 1 fully saturated rings. The van der Waals surface area contributed by atoms with Crippen molar-refractivity contribution in [2.75, 3.05) is 13.2 Å². The van der Waals surface area contributed by atoms with Gasteiger partial charge in [0, 0.05) is 12.6 Å². The smallest absolute Gasteiger partial charge is 0.119 e. The van der Waals surface area contributed by atoms with Crippen molar-refractivity contribution in [3.8, 4) is 5.75 Å². The van der Waals surface area contributed by atoms with Gasteiger partial charge < -0.3 is 15.2 Å². The molecule has 1 aliphatic carbocycles. The molecule has 0 saturated heterocycles.